The predicted octanol–water partition coefficient (Wildman–Crippen LogP) is 2.34. The van der Waals surface area contributed by atoms with Gasteiger partial charge < -0.3 is 18.9 Å². The second-order valence-electron chi connectivity index (χ2n) is 8.59. The van der Waals surface area contributed by atoms with Crippen LogP contribution >= 0.6 is 0 Å². The second-order valence-corrected chi connectivity index (χ2v) is 8.59. The van der Waals surface area contributed by atoms with E-state index in [1.165, 1.54) is 12.8 Å². The van der Waals surface area contributed by atoms with Gasteiger partial charge in [-0.25, -0.2) is 4.98 Å². The summed E-state index contributed by atoms with van der Waals surface area (Å²) < 4.78 is 14.2. The largest absolute Gasteiger partial charge is 0.377 e. The monoisotopic (exact) mass is 361 g/mol. The van der Waals surface area contributed by atoms with Crippen LogP contribution in [-0.2, 0) is 20.8 Å². The highest BCUT2D eigenvalue weighted by molar-refractivity contribution is 5.79. The van der Waals surface area contributed by atoms with Gasteiger partial charge in [-0.15, -0.1) is 0 Å². The first-order valence-corrected chi connectivity index (χ1v) is 10.1. The van der Waals surface area contributed by atoms with Crippen molar-refractivity contribution in [2.45, 2.75) is 51.2 Å². The van der Waals surface area contributed by atoms with Gasteiger partial charge in [0.25, 0.3) is 0 Å². The molecule has 144 valence electrons. The zero-order valence-electron chi connectivity index (χ0n) is 15.8. The van der Waals surface area contributed by atoms with Crippen molar-refractivity contribution in [1.82, 2.24) is 14.5 Å². The highest BCUT2D eigenvalue weighted by Gasteiger charge is 2.45. The predicted molar refractivity (Wildman–Crippen MR) is 97.5 cm³/mol. The van der Waals surface area contributed by atoms with Crippen LogP contribution in [0.4, 0.5) is 0 Å². The third kappa shape index (κ3) is 3.96. The van der Waals surface area contributed by atoms with Gasteiger partial charge in [-0.2, -0.15) is 0 Å². The summed E-state index contributed by atoms with van der Waals surface area (Å²) in [6, 6.07) is 0. The lowest BCUT2D eigenvalue weighted by molar-refractivity contribution is -0.140. The van der Waals surface area contributed by atoms with E-state index in [9.17, 15) is 4.79 Å². The molecular formula is C20H31N3O3. The summed E-state index contributed by atoms with van der Waals surface area (Å²) in [5.74, 6) is 1.73. The Morgan fingerprint density at radius 2 is 2.15 bits per heavy atom. The van der Waals surface area contributed by atoms with Crippen LogP contribution in [0.15, 0.2) is 18.7 Å². The Bertz CT molecular complexity index is 597. The Kier molecular flexibility index (Phi) is 5.32. The molecule has 4 rings (SSSR count). The lowest BCUT2D eigenvalue weighted by Crippen LogP contribution is -2.48. The van der Waals surface area contributed by atoms with Crippen molar-refractivity contribution in [1.29, 1.82) is 0 Å². The van der Waals surface area contributed by atoms with E-state index in [1.807, 2.05) is 23.6 Å². The van der Waals surface area contributed by atoms with Gasteiger partial charge in [-0.3, -0.25) is 4.79 Å². The summed E-state index contributed by atoms with van der Waals surface area (Å²) in [5.41, 5.74) is -0.334. The Morgan fingerprint density at radius 1 is 1.31 bits per heavy atom. The summed E-state index contributed by atoms with van der Waals surface area (Å²) in [5, 5.41) is 0. The van der Waals surface area contributed by atoms with Crippen LogP contribution in [0.3, 0.4) is 0 Å². The van der Waals surface area contributed by atoms with E-state index in [-0.39, 0.29) is 11.5 Å². The maximum Gasteiger partial charge on any atom is 0.225 e. The third-order valence-electron chi connectivity index (χ3n) is 6.34. The lowest BCUT2D eigenvalue weighted by atomic mass is 9.82. The smallest absolute Gasteiger partial charge is 0.225 e. The molecule has 26 heavy (non-hydrogen) atoms. The van der Waals surface area contributed by atoms with Crippen molar-refractivity contribution in [3.8, 4) is 0 Å². The van der Waals surface area contributed by atoms with E-state index in [4.69, 9.17) is 9.47 Å². The van der Waals surface area contributed by atoms with Crippen LogP contribution in [0.5, 0.6) is 0 Å². The summed E-state index contributed by atoms with van der Waals surface area (Å²) >= 11 is 0. The van der Waals surface area contributed by atoms with E-state index in [0.29, 0.717) is 38.1 Å². The molecule has 0 bridgehead atoms. The fraction of sp³-hybridized carbons (Fsp3) is 0.800. The summed E-state index contributed by atoms with van der Waals surface area (Å²) in [7, 11) is 0. The standard InChI is InChI=1S/C20H31N3O3/c1-16-2-4-18(5-3-16)19(24)23-8-9-25-14-20(13-23)10-17(12-26-20)11-22-7-6-21-15-22/h6-7,15-18H,2-5,8-14H2,1H3. The van der Waals surface area contributed by atoms with Gasteiger partial charge in [0.1, 0.15) is 5.60 Å². The molecule has 1 aliphatic carbocycles. The lowest BCUT2D eigenvalue weighted by Gasteiger charge is -2.34. The Hall–Kier alpha value is -1.40. The molecule has 3 heterocycles. The minimum absolute atomic E-state index is 0.199. The third-order valence-corrected chi connectivity index (χ3v) is 6.34. The average molecular weight is 361 g/mol. The SMILES string of the molecule is CC1CCC(C(=O)N2CCOCC3(CC(Cn4ccnc4)CO3)C2)CC1. The van der Waals surface area contributed by atoms with Gasteiger partial charge in [0.2, 0.25) is 5.91 Å². The summed E-state index contributed by atoms with van der Waals surface area (Å²) in [6.45, 7) is 6.52. The number of rotatable bonds is 3. The minimum atomic E-state index is -0.334. The van der Waals surface area contributed by atoms with Gasteiger partial charge in [-0.05, 0) is 38.0 Å². The molecule has 2 atom stereocenters. The van der Waals surface area contributed by atoms with Crippen LogP contribution in [0.1, 0.15) is 39.0 Å². The van der Waals surface area contributed by atoms with Crippen molar-refractivity contribution >= 4 is 5.91 Å². The molecule has 6 nitrogen and oxygen atoms in total. The van der Waals surface area contributed by atoms with Gasteiger partial charge in [0, 0.05) is 37.3 Å². The molecule has 1 aromatic rings. The molecular weight excluding hydrogens is 330 g/mol. The van der Waals surface area contributed by atoms with E-state index in [1.54, 1.807) is 0 Å². The maximum absolute atomic E-state index is 13.1. The topological polar surface area (TPSA) is 56.6 Å². The van der Waals surface area contributed by atoms with Crippen LogP contribution in [-0.4, -0.2) is 58.9 Å². The van der Waals surface area contributed by atoms with Crippen molar-refractivity contribution < 1.29 is 14.3 Å². The van der Waals surface area contributed by atoms with Crippen LogP contribution in [0.25, 0.3) is 0 Å². The fourth-order valence-electron chi connectivity index (χ4n) is 4.82. The number of hydrogen-bond donors (Lipinski definition) is 0. The Morgan fingerprint density at radius 3 is 2.92 bits per heavy atom. The normalized spacial score (nSPS) is 35.6. The Labute approximate surface area is 155 Å². The number of aromatic nitrogens is 2. The second kappa shape index (κ2) is 7.69. The summed E-state index contributed by atoms with van der Waals surface area (Å²) in [6.07, 6.45) is 11.0. The van der Waals surface area contributed by atoms with Gasteiger partial charge in [0.15, 0.2) is 0 Å². The number of nitrogens with zero attached hydrogens (tertiary/aromatic N) is 3. The molecule has 1 spiro atoms. The average Bonchev–Trinajstić information content (AvgIpc) is 3.23. The van der Waals surface area contributed by atoms with E-state index in [0.717, 1.165) is 38.3 Å². The van der Waals surface area contributed by atoms with Crippen LogP contribution in [0.2, 0.25) is 0 Å². The molecule has 2 aliphatic heterocycles. The minimum Gasteiger partial charge on any atom is -0.377 e. The van der Waals surface area contributed by atoms with Gasteiger partial charge >= 0.3 is 0 Å². The molecule has 1 amide bonds. The highest BCUT2D eigenvalue weighted by Crippen LogP contribution is 2.35. The first-order chi connectivity index (χ1) is 12.6. The molecule has 0 N–H and O–H groups in total. The Balaban J connectivity index is 1.39. The maximum atomic E-state index is 13.1. The van der Waals surface area contributed by atoms with Crippen LogP contribution in [0, 0.1) is 17.8 Å². The van der Waals surface area contributed by atoms with Crippen molar-refractivity contribution in [2.75, 3.05) is 32.9 Å². The zero-order valence-corrected chi connectivity index (χ0v) is 15.8. The molecule has 6 heteroatoms. The number of ether oxygens (including phenoxy) is 2. The van der Waals surface area contributed by atoms with E-state index < -0.39 is 0 Å². The van der Waals surface area contributed by atoms with Crippen molar-refractivity contribution in [3.05, 3.63) is 18.7 Å². The van der Waals surface area contributed by atoms with Crippen molar-refractivity contribution in [3.63, 3.8) is 0 Å². The van der Waals surface area contributed by atoms with Gasteiger partial charge in [-0.1, -0.05) is 6.92 Å². The molecule has 1 aromatic heterocycles. The molecule has 3 aliphatic rings. The fourth-order valence-corrected chi connectivity index (χ4v) is 4.82. The zero-order chi connectivity index (χ0) is 18.0. The number of hydrogen-bond acceptors (Lipinski definition) is 4. The number of imidazole rings is 1. The molecule has 2 saturated heterocycles. The molecule has 1 saturated carbocycles. The molecule has 2 unspecified atom stereocenters. The molecule has 0 radical (unpaired) electrons. The quantitative estimate of drug-likeness (QED) is 0.829. The molecule has 3 fully saturated rings. The van der Waals surface area contributed by atoms with Crippen LogP contribution < -0.4 is 0 Å². The first kappa shape index (κ1) is 18.0. The van der Waals surface area contributed by atoms with Crippen molar-refractivity contribution in [2.24, 2.45) is 17.8 Å². The van der Waals surface area contributed by atoms with Gasteiger partial charge in [0.05, 0.1) is 32.7 Å². The highest BCUT2D eigenvalue weighted by atomic mass is 16.5. The van der Waals surface area contributed by atoms with E-state index in [2.05, 4.69) is 16.5 Å². The number of amides is 1. The molecule has 0 aromatic carbocycles. The first-order valence-electron chi connectivity index (χ1n) is 10.1. The number of carbonyl (C=O) groups excluding carboxylic acids is 1. The van der Waals surface area contributed by atoms with E-state index >= 15 is 0 Å². The number of carbonyl (C=O) groups is 1. The summed E-state index contributed by atoms with van der Waals surface area (Å²) in [4.78, 5) is 19.2.